The number of rotatable bonds is 4. The van der Waals surface area contributed by atoms with Gasteiger partial charge < -0.3 is 0 Å². The average molecular weight is 372 g/mol. The number of amides is 4. The number of carbonyl (C=O) groups excluding carboxylic acids is 3. The minimum Gasteiger partial charge on any atom is -0.276 e. The molecular formula is C18H20N4O3S. The van der Waals surface area contributed by atoms with Gasteiger partial charge in [-0.1, -0.05) is 12.1 Å². The van der Waals surface area contributed by atoms with Crippen molar-refractivity contribution in [1.29, 1.82) is 0 Å². The molecule has 2 aromatic rings. The summed E-state index contributed by atoms with van der Waals surface area (Å²) in [7, 11) is 0. The Labute approximate surface area is 155 Å². The smallest absolute Gasteiger partial charge is 0.276 e. The van der Waals surface area contributed by atoms with E-state index in [9.17, 15) is 14.4 Å². The first-order chi connectivity index (χ1) is 12.5. The highest BCUT2D eigenvalue weighted by Gasteiger charge is 2.47. The second-order valence-corrected chi connectivity index (χ2v) is 7.98. The third-order valence-corrected chi connectivity index (χ3v) is 6.02. The molecule has 2 fully saturated rings. The Morgan fingerprint density at radius 3 is 2.65 bits per heavy atom. The van der Waals surface area contributed by atoms with Crippen LogP contribution in [0.5, 0.6) is 0 Å². The van der Waals surface area contributed by atoms with Crippen LogP contribution in [0.15, 0.2) is 24.3 Å². The first kappa shape index (κ1) is 17.1. The second kappa shape index (κ2) is 6.44. The first-order valence-corrected chi connectivity index (χ1v) is 9.57. The van der Waals surface area contributed by atoms with Gasteiger partial charge in [-0.25, -0.2) is 14.7 Å². The van der Waals surface area contributed by atoms with Gasteiger partial charge in [0.1, 0.15) is 5.01 Å². The van der Waals surface area contributed by atoms with E-state index >= 15 is 0 Å². The molecule has 2 saturated heterocycles. The molecule has 2 aliphatic heterocycles. The number of carbonyl (C=O) groups is 3. The van der Waals surface area contributed by atoms with E-state index in [4.69, 9.17) is 4.98 Å². The number of likely N-dealkylation sites (tertiary alicyclic amines) is 1. The number of hydrogen-bond donors (Lipinski definition) is 0. The molecule has 8 heteroatoms. The highest BCUT2D eigenvalue weighted by atomic mass is 32.1. The van der Waals surface area contributed by atoms with Crippen LogP contribution in [-0.4, -0.2) is 56.8 Å². The molecule has 3 heterocycles. The first-order valence-electron chi connectivity index (χ1n) is 8.76. The molecule has 0 saturated carbocycles. The summed E-state index contributed by atoms with van der Waals surface area (Å²) in [6.45, 7) is 4.36. The molecule has 26 heavy (non-hydrogen) atoms. The largest absolute Gasteiger partial charge is 0.335 e. The van der Waals surface area contributed by atoms with E-state index in [0.717, 1.165) is 44.4 Å². The van der Waals surface area contributed by atoms with Gasteiger partial charge in [0.2, 0.25) is 0 Å². The maximum Gasteiger partial charge on any atom is 0.335 e. The number of thiazole rings is 1. The van der Waals surface area contributed by atoms with Gasteiger partial charge >= 0.3 is 17.8 Å². The fourth-order valence-electron chi connectivity index (χ4n) is 3.59. The van der Waals surface area contributed by atoms with Gasteiger partial charge in [-0.2, -0.15) is 0 Å². The van der Waals surface area contributed by atoms with Crippen molar-refractivity contribution in [3.05, 3.63) is 29.3 Å². The number of urea groups is 1. The van der Waals surface area contributed by atoms with Gasteiger partial charge in [0.25, 0.3) is 0 Å². The Morgan fingerprint density at radius 1 is 1.19 bits per heavy atom. The number of hydrogen-bond acceptors (Lipinski definition) is 6. The van der Waals surface area contributed by atoms with E-state index in [0.29, 0.717) is 0 Å². The van der Waals surface area contributed by atoms with E-state index in [1.807, 2.05) is 24.3 Å². The molecule has 0 radical (unpaired) electrons. The number of nitrogens with zero attached hydrogens (tertiary/aromatic N) is 4. The lowest BCUT2D eigenvalue weighted by atomic mass is 10.2. The maximum absolute atomic E-state index is 12.5. The fraction of sp³-hybridized carbons (Fsp3) is 0.444. The number of aromatic nitrogens is 1. The van der Waals surface area contributed by atoms with Crippen molar-refractivity contribution in [2.24, 2.45) is 0 Å². The van der Waals surface area contributed by atoms with Crippen LogP contribution in [0.3, 0.4) is 0 Å². The van der Waals surface area contributed by atoms with Crippen LogP contribution in [0.4, 0.5) is 4.79 Å². The van der Waals surface area contributed by atoms with Crippen molar-refractivity contribution in [1.82, 2.24) is 19.7 Å². The quantitative estimate of drug-likeness (QED) is 0.609. The highest BCUT2D eigenvalue weighted by Crippen LogP contribution is 2.36. The zero-order chi connectivity index (χ0) is 18.4. The predicted octanol–water partition coefficient (Wildman–Crippen LogP) is 2.59. The topological polar surface area (TPSA) is 73.8 Å². The van der Waals surface area contributed by atoms with E-state index in [-0.39, 0.29) is 18.8 Å². The van der Waals surface area contributed by atoms with Crippen molar-refractivity contribution in [2.75, 3.05) is 13.2 Å². The molecule has 1 unspecified atom stereocenters. The Bertz CT molecular complexity index is 860. The zero-order valence-electron chi connectivity index (χ0n) is 14.7. The van der Waals surface area contributed by atoms with Gasteiger partial charge in [0, 0.05) is 12.6 Å². The molecule has 136 valence electrons. The van der Waals surface area contributed by atoms with Crippen molar-refractivity contribution in [3.63, 3.8) is 0 Å². The fourth-order valence-corrected chi connectivity index (χ4v) is 4.73. The summed E-state index contributed by atoms with van der Waals surface area (Å²) >= 11 is 1.65. The van der Waals surface area contributed by atoms with Crippen LogP contribution >= 0.6 is 11.3 Å². The van der Waals surface area contributed by atoms with Crippen molar-refractivity contribution < 1.29 is 14.4 Å². The summed E-state index contributed by atoms with van der Waals surface area (Å²) in [4.78, 5) is 45.8. The minimum atomic E-state index is -0.737. The van der Waals surface area contributed by atoms with Crippen molar-refractivity contribution >= 4 is 39.4 Å². The summed E-state index contributed by atoms with van der Waals surface area (Å²) in [6.07, 6.45) is 1.90. The van der Waals surface area contributed by atoms with E-state index in [1.54, 1.807) is 25.2 Å². The van der Waals surface area contributed by atoms with Crippen LogP contribution in [-0.2, 0) is 9.59 Å². The Morgan fingerprint density at radius 2 is 1.96 bits per heavy atom. The van der Waals surface area contributed by atoms with Crippen LogP contribution in [0.1, 0.15) is 37.7 Å². The zero-order valence-corrected chi connectivity index (χ0v) is 15.5. The molecule has 0 bridgehead atoms. The summed E-state index contributed by atoms with van der Waals surface area (Å²) in [6, 6.07) is 7.20. The molecule has 2 aliphatic rings. The minimum absolute atomic E-state index is 0.0659. The number of benzene rings is 1. The molecule has 0 spiro atoms. The monoisotopic (exact) mass is 372 g/mol. The van der Waals surface area contributed by atoms with Gasteiger partial charge in [-0.15, -0.1) is 11.3 Å². The molecule has 4 rings (SSSR count). The highest BCUT2D eigenvalue weighted by molar-refractivity contribution is 7.18. The molecule has 7 nitrogen and oxygen atoms in total. The van der Waals surface area contributed by atoms with E-state index < -0.39 is 17.8 Å². The summed E-state index contributed by atoms with van der Waals surface area (Å²) < 4.78 is 1.13. The lowest BCUT2D eigenvalue weighted by Crippen LogP contribution is -2.43. The number of fused-ring (bicyclic) bond motifs is 1. The molecule has 0 N–H and O–H groups in total. The van der Waals surface area contributed by atoms with Crippen LogP contribution < -0.4 is 0 Å². The predicted molar refractivity (Wildman–Crippen MR) is 97.4 cm³/mol. The van der Waals surface area contributed by atoms with Crippen LogP contribution in [0.25, 0.3) is 10.2 Å². The Balaban J connectivity index is 1.57. The molecular weight excluding hydrogens is 352 g/mol. The molecule has 1 atom stereocenters. The van der Waals surface area contributed by atoms with Crippen LogP contribution in [0.2, 0.25) is 0 Å². The SMILES string of the molecule is CC(C)N1C(=O)C(=O)N(CN2CCCC2c2nc3ccccc3s2)C1=O. The third-order valence-electron chi connectivity index (χ3n) is 4.88. The molecule has 4 amide bonds. The Hall–Kier alpha value is -2.32. The van der Waals surface area contributed by atoms with Crippen molar-refractivity contribution in [2.45, 2.75) is 38.8 Å². The lowest BCUT2D eigenvalue weighted by Gasteiger charge is -2.27. The standard InChI is InChI=1S/C18H20N4O3S/c1-11(2)22-17(24)16(23)21(18(22)25)10-20-9-5-7-13(20)15-19-12-6-3-4-8-14(12)26-15/h3-4,6,8,11,13H,5,7,9-10H2,1-2H3. The summed E-state index contributed by atoms with van der Waals surface area (Å²) in [5.41, 5.74) is 0.967. The van der Waals surface area contributed by atoms with Gasteiger partial charge in [-0.05, 0) is 38.8 Å². The maximum atomic E-state index is 12.5. The van der Waals surface area contributed by atoms with Gasteiger partial charge in [-0.3, -0.25) is 19.4 Å². The summed E-state index contributed by atoms with van der Waals surface area (Å²) in [5, 5.41) is 0.995. The van der Waals surface area contributed by atoms with E-state index in [2.05, 4.69) is 4.90 Å². The number of para-hydroxylation sites is 1. The average Bonchev–Trinajstić information content (AvgIpc) is 3.28. The van der Waals surface area contributed by atoms with Gasteiger partial charge in [0.05, 0.1) is 22.9 Å². The normalized spacial score (nSPS) is 21.8. The summed E-state index contributed by atoms with van der Waals surface area (Å²) in [5.74, 6) is -1.47. The molecule has 0 aliphatic carbocycles. The third kappa shape index (κ3) is 2.69. The van der Waals surface area contributed by atoms with E-state index in [1.165, 1.54) is 0 Å². The van der Waals surface area contributed by atoms with Crippen LogP contribution in [0, 0.1) is 0 Å². The molecule has 1 aromatic carbocycles. The number of imide groups is 2. The second-order valence-electron chi connectivity index (χ2n) is 6.92. The van der Waals surface area contributed by atoms with Gasteiger partial charge in [0.15, 0.2) is 0 Å². The lowest BCUT2D eigenvalue weighted by molar-refractivity contribution is -0.144. The molecule has 1 aromatic heterocycles. The van der Waals surface area contributed by atoms with Crippen molar-refractivity contribution in [3.8, 4) is 0 Å². The Kier molecular flexibility index (Phi) is 4.24.